The van der Waals surface area contributed by atoms with E-state index in [2.05, 4.69) is 35.9 Å². The number of rotatable bonds is 4. The van der Waals surface area contributed by atoms with Gasteiger partial charge in [0, 0.05) is 25.4 Å². The van der Waals surface area contributed by atoms with Crippen molar-refractivity contribution in [1.29, 1.82) is 0 Å². The zero-order chi connectivity index (χ0) is 13.8. The molecule has 0 saturated carbocycles. The summed E-state index contributed by atoms with van der Waals surface area (Å²) in [6, 6.07) is 4.20. The zero-order valence-corrected chi connectivity index (χ0v) is 12.0. The number of piperidine rings is 1. The topological polar surface area (TPSA) is 45.6 Å². The monoisotopic (exact) mass is 264 g/mol. The van der Waals surface area contributed by atoms with Crippen molar-refractivity contribution >= 4 is 5.69 Å². The number of nitrogens with zero attached hydrogens (tertiary/aromatic N) is 2. The van der Waals surface area contributed by atoms with E-state index < -0.39 is 0 Å². The molecule has 0 amide bonds. The third kappa shape index (κ3) is 3.45. The lowest BCUT2D eigenvalue weighted by Gasteiger charge is -2.37. The van der Waals surface area contributed by atoms with Crippen molar-refractivity contribution in [3.8, 4) is 0 Å². The summed E-state index contributed by atoms with van der Waals surface area (Å²) in [5.74, 6) is 0.452. The van der Waals surface area contributed by atoms with E-state index in [1.807, 2.05) is 13.1 Å². The maximum Gasteiger partial charge on any atom is 0.101 e. The minimum absolute atomic E-state index is 0.0940. The van der Waals surface area contributed by atoms with Gasteiger partial charge in [-0.3, -0.25) is 4.98 Å². The van der Waals surface area contributed by atoms with Crippen molar-refractivity contribution in [3.63, 3.8) is 0 Å². The first kappa shape index (κ1) is 14.3. The number of ether oxygens (including phenoxy) is 1. The second kappa shape index (κ2) is 6.35. The van der Waals surface area contributed by atoms with Crippen LogP contribution in [0, 0.1) is 0 Å². The Balaban J connectivity index is 2.05. The van der Waals surface area contributed by atoms with Gasteiger partial charge in [0.2, 0.25) is 0 Å². The Labute approximate surface area is 115 Å². The standard InChI is InChI=1S/C15H24N2O2/c1-4-19-15-10-17(8-7-14(15)18)12-5-6-13(11(2)3)16-9-12/h5-6,9,11,14-15,18H,4,7-8,10H2,1-3H3/t14-,15+/m0/s1. The van der Waals surface area contributed by atoms with Crippen LogP contribution in [0.1, 0.15) is 38.8 Å². The van der Waals surface area contributed by atoms with Gasteiger partial charge in [-0.2, -0.15) is 0 Å². The summed E-state index contributed by atoms with van der Waals surface area (Å²) in [5.41, 5.74) is 2.23. The fraction of sp³-hybridized carbons (Fsp3) is 0.667. The second-order valence-electron chi connectivity index (χ2n) is 5.39. The molecule has 19 heavy (non-hydrogen) atoms. The van der Waals surface area contributed by atoms with Crippen LogP contribution in [0.15, 0.2) is 18.3 Å². The molecule has 1 N–H and O–H groups in total. The number of aliphatic hydroxyl groups excluding tert-OH is 1. The van der Waals surface area contributed by atoms with Crippen LogP contribution in [0.2, 0.25) is 0 Å². The van der Waals surface area contributed by atoms with Crippen LogP contribution in [0.3, 0.4) is 0 Å². The molecule has 0 unspecified atom stereocenters. The molecule has 1 aliphatic rings. The first-order chi connectivity index (χ1) is 9.11. The second-order valence-corrected chi connectivity index (χ2v) is 5.39. The van der Waals surface area contributed by atoms with Crippen molar-refractivity contribution in [1.82, 2.24) is 4.98 Å². The number of aromatic nitrogens is 1. The molecular formula is C15H24N2O2. The van der Waals surface area contributed by atoms with Crippen LogP contribution in [0.5, 0.6) is 0 Å². The molecule has 4 nitrogen and oxygen atoms in total. The van der Waals surface area contributed by atoms with Crippen molar-refractivity contribution in [2.75, 3.05) is 24.6 Å². The minimum atomic E-state index is -0.348. The maximum atomic E-state index is 9.91. The molecule has 0 aromatic carbocycles. The normalized spacial score (nSPS) is 23.9. The van der Waals surface area contributed by atoms with E-state index in [-0.39, 0.29) is 12.2 Å². The van der Waals surface area contributed by atoms with E-state index in [1.165, 1.54) is 0 Å². The molecule has 2 rings (SSSR count). The molecule has 4 heteroatoms. The highest BCUT2D eigenvalue weighted by molar-refractivity contribution is 5.45. The predicted molar refractivity (Wildman–Crippen MR) is 76.6 cm³/mol. The first-order valence-corrected chi connectivity index (χ1v) is 7.12. The lowest BCUT2D eigenvalue weighted by molar-refractivity contribution is -0.0398. The van der Waals surface area contributed by atoms with Crippen molar-refractivity contribution < 1.29 is 9.84 Å². The Bertz CT molecular complexity index is 392. The quantitative estimate of drug-likeness (QED) is 0.905. The average Bonchev–Trinajstić information content (AvgIpc) is 2.41. The van der Waals surface area contributed by atoms with Crippen molar-refractivity contribution in [2.45, 2.75) is 45.3 Å². The van der Waals surface area contributed by atoms with Crippen LogP contribution in [0.25, 0.3) is 0 Å². The Kier molecular flexibility index (Phi) is 4.77. The average molecular weight is 264 g/mol. The zero-order valence-electron chi connectivity index (χ0n) is 12.0. The number of anilines is 1. The van der Waals surface area contributed by atoms with Gasteiger partial charge in [-0.25, -0.2) is 0 Å². The number of pyridine rings is 1. The van der Waals surface area contributed by atoms with Crippen molar-refractivity contribution in [2.24, 2.45) is 0 Å². The Morgan fingerprint density at radius 1 is 1.47 bits per heavy atom. The summed E-state index contributed by atoms with van der Waals surface area (Å²) in [6.07, 6.45) is 2.23. The summed E-state index contributed by atoms with van der Waals surface area (Å²) < 4.78 is 5.60. The molecule has 1 saturated heterocycles. The summed E-state index contributed by atoms with van der Waals surface area (Å²) in [4.78, 5) is 6.74. The van der Waals surface area contributed by atoms with Crippen LogP contribution in [0.4, 0.5) is 5.69 Å². The van der Waals surface area contributed by atoms with Crippen LogP contribution in [-0.2, 0) is 4.74 Å². The van der Waals surface area contributed by atoms with Gasteiger partial charge in [-0.1, -0.05) is 13.8 Å². The minimum Gasteiger partial charge on any atom is -0.390 e. The van der Waals surface area contributed by atoms with Gasteiger partial charge in [0.15, 0.2) is 0 Å². The fourth-order valence-electron chi connectivity index (χ4n) is 2.44. The summed E-state index contributed by atoms with van der Waals surface area (Å²) >= 11 is 0. The Morgan fingerprint density at radius 2 is 2.26 bits per heavy atom. The van der Waals surface area contributed by atoms with Gasteiger partial charge < -0.3 is 14.7 Å². The van der Waals surface area contributed by atoms with Crippen LogP contribution in [-0.4, -0.2) is 42.0 Å². The number of hydrogen-bond acceptors (Lipinski definition) is 4. The molecule has 0 radical (unpaired) electrons. The summed E-state index contributed by atoms with van der Waals surface area (Å²) in [7, 11) is 0. The number of aliphatic hydroxyl groups is 1. The summed E-state index contributed by atoms with van der Waals surface area (Å²) in [5, 5.41) is 9.91. The van der Waals surface area contributed by atoms with E-state index in [4.69, 9.17) is 4.74 Å². The van der Waals surface area contributed by atoms with E-state index in [1.54, 1.807) is 0 Å². The van der Waals surface area contributed by atoms with Gasteiger partial charge in [0.1, 0.15) is 6.10 Å². The highest BCUT2D eigenvalue weighted by atomic mass is 16.5. The van der Waals surface area contributed by atoms with E-state index in [0.717, 1.165) is 30.9 Å². The molecule has 1 aromatic heterocycles. The van der Waals surface area contributed by atoms with Crippen molar-refractivity contribution in [3.05, 3.63) is 24.0 Å². The molecule has 0 bridgehead atoms. The van der Waals surface area contributed by atoms with Gasteiger partial charge in [-0.05, 0) is 31.4 Å². The highest BCUT2D eigenvalue weighted by Gasteiger charge is 2.28. The molecule has 0 aliphatic carbocycles. The molecule has 1 fully saturated rings. The van der Waals surface area contributed by atoms with E-state index in [9.17, 15) is 5.11 Å². The molecule has 2 heterocycles. The van der Waals surface area contributed by atoms with Gasteiger partial charge >= 0.3 is 0 Å². The summed E-state index contributed by atoms with van der Waals surface area (Å²) in [6.45, 7) is 8.48. The molecule has 0 spiro atoms. The highest BCUT2D eigenvalue weighted by Crippen LogP contribution is 2.22. The van der Waals surface area contributed by atoms with Crippen LogP contribution >= 0.6 is 0 Å². The predicted octanol–water partition coefficient (Wildman–Crippen LogP) is 2.18. The smallest absolute Gasteiger partial charge is 0.101 e. The molecule has 1 aliphatic heterocycles. The number of hydrogen-bond donors (Lipinski definition) is 1. The molecule has 1 aromatic rings. The van der Waals surface area contributed by atoms with Gasteiger partial charge in [0.05, 0.1) is 18.0 Å². The van der Waals surface area contributed by atoms with Gasteiger partial charge in [0.25, 0.3) is 0 Å². The Morgan fingerprint density at radius 3 is 2.84 bits per heavy atom. The largest absolute Gasteiger partial charge is 0.390 e. The SMILES string of the molecule is CCO[C@@H]1CN(c2ccc(C(C)C)nc2)CC[C@@H]1O. The third-order valence-corrected chi connectivity index (χ3v) is 3.63. The molecular weight excluding hydrogens is 240 g/mol. The molecule has 106 valence electrons. The lowest BCUT2D eigenvalue weighted by Crippen LogP contribution is -2.48. The maximum absolute atomic E-state index is 9.91. The van der Waals surface area contributed by atoms with Gasteiger partial charge in [-0.15, -0.1) is 0 Å². The Hall–Kier alpha value is -1.13. The van der Waals surface area contributed by atoms with E-state index in [0.29, 0.717) is 12.5 Å². The lowest BCUT2D eigenvalue weighted by atomic mass is 10.0. The third-order valence-electron chi connectivity index (χ3n) is 3.63. The first-order valence-electron chi connectivity index (χ1n) is 7.12. The van der Waals surface area contributed by atoms with Crippen LogP contribution < -0.4 is 4.90 Å². The molecule has 2 atom stereocenters. The van der Waals surface area contributed by atoms with E-state index >= 15 is 0 Å². The fourth-order valence-corrected chi connectivity index (χ4v) is 2.44.